The van der Waals surface area contributed by atoms with Crippen LogP contribution in [0.25, 0.3) is 0 Å². The zero-order chi connectivity index (χ0) is 23.5. The molecule has 0 spiro atoms. The third kappa shape index (κ3) is 5.30. The summed E-state index contributed by atoms with van der Waals surface area (Å²) < 4.78 is 14.1. The van der Waals surface area contributed by atoms with Crippen LogP contribution in [-0.2, 0) is 0 Å². The predicted molar refractivity (Wildman–Crippen MR) is 132 cm³/mol. The first-order valence-electron chi connectivity index (χ1n) is 13.0. The van der Waals surface area contributed by atoms with Crippen LogP contribution in [0.15, 0.2) is 47.1 Å². The normalized spacial score (nSPS) is 34.7. The molecule has 2 nitrogen and oxygen atoms in total. The maximum absolute atomic E-state index is 14.1. The highest BCUT2D eigenvalue weighted by Gasteiger charge is 2.45. The highest BCUT2D eigenvalue weighted by molar-refractivity contribution is 5.40. The van der Waals surface area contributed by atoms with Gasteiger partial charge in [0.25, 0.3) is 0 Å². The Labute approximate surface area is 195 Å². The molecule has 3 heteroatoms. The molecule has 0 bridgehead atoms. The molecule has 2 saturated carbocycles. The van der Waals surface area contributed by atoms with Gasteiger partial charge in [-0.05, 0) is 86.2 Å². The molecule has 5 atom stereocenters. The maximum Gasteiger partial charge on any atom is 0.127 e. The zero-order valence-corrected chi connectivity index (χ0v) is 20.8. The zero-order valence-electron chi connectivity index (χ0n) is 20.8. The van der Waals surface area contributed by atoms with Crippen molar-refractivity contribution in [3.8, 4) is 0 Å². The van der Waals surface area contributed by atoms with Crippen molar-refractivity contribution < 1.29 is 14.6 Å². The van der Waals surface area contributed by atoms with Crippen molar-refractivity contribution in [3.63, 3.8) is 0 Å². The summed E-state index contributed by atoms with van der Waals surface area (Å²) in [5.41, 5.74) is 4.20. The number of aliphatic hydroxyl groups excluding tert-OH is 1. The summed E-state index contributed by atoms with van der Waals surface area (Å²) in [6.07, 6.45) is 15.1. The second-order valence-electron chi connectivity index (χ2n) is 11.0. The Morgan fingerprint density at radius 2 is 2.03 bits per heavy atom. The van der Waals surface area contributed by atoms with E-state index in [9.17, 15) is 14.6 Å². The molecule has 0 aliphatic heterocycles. The Kier molecular flexibility index (Phi) is 8.25. The molecule has 5 unspecified atom stereocenters. The van der Waals surface area contributed by atoms with Crippen LogP contribution >= 0.6 is 0 Å². The molecule has 180 valence electrons. The lowest BCUT2D eigenvalue weighted by molar-refractivity contribution is 0.0204. The highest BCUT2D eigenvalue weighted by Crippen LogP contribution is 2.57. The van der Waals surface area contributed by atoms with Crippen LogP contribution in [0.2, 0.25) is 0 Å². The molecule has 2 fully saturated rings. The molecule has 3 rings (SSSR count). The Morgan fingerprint density at radius 1 is 1.31 bits per heavy atom. The summed E-state index contributed by atoms with van der Waals surface area (Å²) in [5, 5.41) is 20.6. The third-order valence-corrected chi connectivity index (χ3v) is 8.96. The first-order chi connectivity index (χ1) is 15.1. The van der Waals surface area contributed by atoms with Crippen molar-refractivity contribution in [2.24, 2.45) is 17.3 Å². The average molecular weight is 445 g/mol. The van der Waals surface area contributed by atoms with Gasteiger partial charge in [-0.25, -0.2) is 4.39 Å². The molecular formula is C29H45FO2. The minimum Gasteiger partial charge on any atom is -0.393 e. The lowest BCUT2D eigenvalue weighted by Gasteiger charge is -2.42. The predicted octanol–water partition coefficient (Wildman–Crippen LogP) is 7.38. The van der Waals surface area contributed by atoms with E-state index in [0.29, 0.717) is 23.8 Å². The lowest BCUT2D eigenvalue weighted by Crippen LogP contribution is -2.32. The summed E-state index contributed by atoms with van der Waals surface area (Å²) in [4.78, 5) is 0. The smallest absolute Gasteiger partial charge is 0.127 e. The van der Waals surface area contributed by atoms with Crippen LogP contribution in [0.1, 0.15) is 98.3 Å². The molecule has 3 aliphatic carbocycles. The first kappa shape index (κ1) is 25.4. The maximum atomic E-state index is 14.1. The summed E-state index contributed by atoms with van der Waals surface area (Å²) in [6.45, 7) is 12.9. The van der Waals surface area contributed by atoms with Crippen molar-refractivity contribution in [1.82, 2.24) is 0 Å². The van der Waals surface area contributed by atoms with Crippen LogP contribution in [0.5, 0.6) is 0 Å². The second-order valence-corrected chi connectivity index (χ2v) is 11.0. The van der Waals surface area contributed by atoms with Gasteiger partial charge >= 0.3 is 0 Å². The number of fused-ring (bicyclic) bond motifs is 1. The SMILES string of the molecule is C=C1/C(=C\C=C2/CCCC3(C)C(C(C)CCCC(O)(CC)CC)=CCC23)CC(O)CC1F. The van der Waals surface area contributed by atoms with Crippen molar-refractivity contribution >= 4 is 0 Å². The number of hydrogen-bond donors (Lipinski definition) is 2. The van der Waals surface area contributed by atoms with Gasteiger partial charge in [-0.15, -0.1) is 0 Å². The van der Waals surface area contributed by atoms with Gasteiger partial charge in [-0.3, -0.25) is 0 Å². The molecule has 0 aromatic rings. The summed E-state index contributed by atoms with van der Waals surface area (Å²) >= 11 is 0. The second kappa shape index (κ2) is 10.4. The first-order valence-corrected chi connectivity index (χ1v) is 13.0. The van der Waals surface area contributed by atoms with E-state index >= 15 is 0 Å². The van der Waals surface area contributed by atoms with E-state index in [1.807, 2.05) is 6.08 Å². The Balaban J connectivity index is 1.68. The van der Waals surface area contributed by atoms with Gasteiger partial charge in [0.05, 0.1) is 11.7 Å². The molecule has 3 aliphatic rings. The van der Waals surface area contributed by atoms with Crippen molar-refractivity contribution in [1.29, 1.82) is 0 Å². The number of rotatable bonds is 8. The fraction of sp³-hybridized carbons (Fsp3) is 0.724. The van der Waals surface area contributed by atoms with Crippen LogP contribution < -0.4 is 0 Å². The minimum absolute atomic E-state index is 0.173. The summed E-state index contributed by atoms with van der Waals surface area (Å²) in [5.74, 6) is 1.07. The largest absolute Gasteiger partial charge is 0.393 e. The summed E-state index contributed by atoms with van der Waals surface area (Å²) in [6, 6.07) is 0. The molecule has 0 aromatic carbocycles. The van der Waals surface area contributed by atoms with Crippen LogP contribution in [0, 0.1) is 17.3 Å². The Hall–Kier alpha value is -1.19. The number of aliphatic hydroxyl groups is 2. The molecule has 0 heterocycles. The topological polar surface area (TPSA) is 40.5 Å². The van der Waals surface area contributed by atoms with E-state index in [4.69, 9.17) is 0 Å². The molecule has 2 N–H and O–H groups in total. The monoisotopic (exact) mass is 444 g/mol. The fourth-order valence-electron chi connectivity index (χ4n) is 6.55. The number of halogens is 1. The molecule has 0 aromatic heterocycles. The van der Waals surface area contributed by atoms with Crippen LogP contribution in [0.3, 0.4) is 0 Å². The average Bonchev–Trinajstić information content (AvgIpc) is 3.12. The number of allylic oxidation sites excluding steroid dienone is 6. The highest BCUT2D eigenvalue weighted by atomic mass is 19.1. The van der Waals surface area contributed by atoms with E-state index in [1.54, 1.807) is 5.57 Å². The fourth-order valence-corrected chi connectivity index (χ4v) is 6.55. The molecular weight excluding hydrogens is 399 g/mol. The van der Waals surface area contributed by atoms with E-state index in [-0.39, 0.29) is 11.8 Å². The number of hydrogen-bond acceptors (Lipinski definition) is 2. The minimum atomic E-state index is -1.13. The summed E-state index contributed by atoms with van der Waals surface area (Å²) in [7, 11) is 0. The van der Waals surface area contributed by atoms with Gasteiger partial charge in [0.2, 0.25) is 0 Å². The van der Waals surface area contributed by atoms with Crippen LogP contribution in [-0.4, -0.2) is 28.1 Å². The Morgan fingerprint density at radius 3 is 2.72 bits per heavy atom. The van der Waals surface area contributed by atoms with Gasteiger partial charge in [0.15, 0.2) is 0 Å². The Bertz CT molecular complexity index is 772. The van der Waals surface area contributed by atoms with Gasteiger partial charge in [-0.1, -0.05) is 70.1 Å². The molecule has 32 heavy (non-hydrogen) atoms. The van der Waals surface area contributed by atoms with Crippen molar-refractivity contribution in [3.05, 3.63) is 47.1 Å². The van der Waals surface area contributed by atoms with Crippen LogP contribution in [0.4, 0.5) is 4.39 Å². The van der Waals surface area contributed by atoms with E-state index in [1.165, 1.54) is 18.4 Å². The van der Waals surface area contributed by atoms with Crippen molar-refractivity contribution in [2.75, 3.05) is 0 Å². The van der Waals surface area contributed by atoms with Gasteiger partial charge in [0.1, 0.15) is 6.17 Å². The van der Waals surface area contributed by atoms with Gasteiger partial charge < -0.3 is 10.2 Å². The third-order valence-electron chi connectivity index (χ3n) is 8.96. The van der Waals surface area contributed by atoms with Gasteiger partial charge in [0, 0.05) is 6.42 Å². The van der Waals surface area contributed by atoms with E-state index in [0.717, 1.165) is 50.5 Å². The van der Waals surface area contributed by atoms with Crippen molar-refractivity contribution in [2.45, 2.75) is 116 Å². The van der Waals surface area contributed by atoms with E-state index in [2.05, 4.69) is 46.4 Å². The van der Waals surface area contributed by atoms with Gasteiger partial charge in [-0.2, -0.15) is 0 Å². The molecule has 0 amide bonds. The quantitative estimate of drug-likeness (QED) is 0.383. The standard InChI is InChI=1S/C29H45FO2/c1-6-29(32,7-2)17-8-10-20(3)25-14-15-26-22(11-9-16-28(25,26)5)12-13-23-18-24(31)19-27(30)21(23)4/h12-14,20,24,26-27,31-32H,4,6-11,15-19H2,1-3,5H3/b22-12+,23-13-. The lowest BCUT2D eigenvalue weighted by atomic mass is 9.62. The number of alkyl halides is 1. The van der Waals surface area contributed by atoms with E-state index < -0.39 is 17.9 Å². The molecule has 0 saturated heterocycles. The molecule has 0 radical (unpaired) electrons.